The van der Waals surface area contributed by atoms with Crippen LogP contribution in [0.3, 0.4) is 0 Å². The lowest BCUT2D eigenvalue weighted by atomic mass is 10.1. The molecule has 0 amide bonds. The van der Waals surface area contributed by atoms with E-state index in [-0.39, 0.29) is 5.56 Å². The average Bonchev–Trinajstić information content (AvgIpc) is 2.29. The molecule has 1 aromatic rings. The fourth-order valence-corrected chi connectivity index (χ4v) is 1.31. The molecule has 0 fully saturated rings. The number of nitrogens with zero attached hydrogens (tertiary/aromatic N) is 1. The first kappa shape index (κ1) is 12.9. The summed E-state index contributed by atoms with van der Waals surface area (Å²) in [4.78, 5) is 20.7. The Bertz CT molecular complexity index is 434. The van der Waals surface area contributed by atoms with Gasteiger partial charge in [-0.1, -0.05) is 0 Å². The second kappa shape index (κ2) is 5.80. The topological polar surface area (TPSA) is 118 Å². The first-order valence-corrected chi connectivity index (χ1v) is 5.02. The molecule has 0 saturated heterocycles. The second-order valence-electron chi connectivity index (χ2n) is 3.36. The van der Waals surface area contributed by atoms with Crippen molar-refractivity contribution in [1.29, 1.82) is 0 Å². The molecule has 0 aliphatic heterocycles. The maximum atomic E-state index is 10.8. The van der Waals surface area contributed by atoms with Crippen molar-refractivity contribution in [1.82, 2.24) is 0 Å². The van der Waals surface area contributed by atoms with Gasteiger partial charge in [-0.3, -0.25) is 10.1 Å². The van der Waals surface area contributed by atoms with E-state index in [0.717, 1.165) is 6.42 Å². The fourth-order valence-electron chi connectivity index (χ4n) is 1.31. The van der Waals surface area contributed by atoms with Gasteiger partial charge in [0.05, 0.1) is 4.92 Å². The molecule has 0 heterocycles. The van der Waals surface area contributed by atoms with Gasteiger partial charge < -0.3 is 16.2 Å². The Labute approximate surface area is 97.4 Å². The third kappa shape index (κ3) is 3.42. The standard InChI is InChI=1S/C10H13N3O4/c11-4-1-5-12-7-2-3-8(10(14)15)9(6-7)13(16)17/h2-3,6,12H,1,4-5,11H2,(H,14,15). The molecule has 0 unspecified atom stereocenters. The quantitative estimate of drug-likeness (QED) is 0.388. The van der Waals surface area contributed by atoms with Crippen molar-refractivity contribution in [2.75, 3.05) is 18.4 Å². The van der Waals surface area contributed by atoms with E-state index in [2.05, 4.69) is 5.32 Å². The van der Waals surface area contributed by atoms with Crippen molar-refractivity contribution < 1.29 is 14.8 Å². The Morgan fingerprint density at radius 2 is 2.24 bits per heavy atom. The number of benzene rings is 1. The van der Waals surface area contributed by atoms with Gasteiger partial charge in [-0.05, 0) is 25.1 Å². The highest BCUT2D eigenvalue weighted by atomic mass is 16.6. The third-order valence-electron chi connectivity index (χ3n) is 2.13. The Morgan fingerprint density at radius 3 is 2.76 bits per heavy atom. The van der Waals surface area contributed by atoms with Crippen LogP contribution in [0.25, 0.3) is 0 Å². The number of nitrogens with one attached hydrogen (secondary N) is 1. The normalized spacial score (nSPS) is 9.94. The van der Waals surface area contributed by atoms with Crippen molar-refractivity contribution in [2.24, 2.45) is 5.73 Å². The lowest BCUT2D eigenvalue weighted by molar-refractivity contribution is -0.385. The van der Waals surface area contributed by atoms with Gasteiger partial charge in [0.2, 0.25) is 0 Å². The van der Waals surface area contributed by atoms with Crippen molar-refractivity contribution in [3.05, 3.63) is 33.9 Å². The van der Waals surface area contributed by atoms with E-state index >= 15 is 0 Å². The molecule has 92 valence electrons. The minimum Gasteiger partial charge on any atom is -0.477 e. The zero-order chi connectivity index (χ0) is 12.8. The van der Waals surface area contributed by atoms with Crippen molar-refractivity contribution in [3.63, 3.8) is 0 Å². The minimum absolute atomic E-state index is 0.320. The van der Waals surface area contributed by atoms with Gasteiger partial charge in [-0.2, -0.15) is 0 Å². The molecule has 0 radical (unpaired) electrons. The molecule has 0 bridgehead atoms. The largest absolute Gasteiger partial charge is 0.477 e. The molecule has 1 rings (SSSR count). The second-order valence-corrected chi connectivity index (χ2v) is 3.36. The number of anilines is 1. The number of nitro benzene ring substituents is 1. The van der Waals surface area contributed by atoms with Crippen molar-refractivity contribution in [3.8, 4) is 0 Å². The molecule has 4 N–H and O–H groups in total. The summed E-state index contributed by atoms with van der Waals surface area (Å²) in [6.45, 7) is 1.10. The van der Waals surface area contributed by atoms with E-state index in [1.807, 2.05) is 0 Å². The van der Waals surface area contributed by atoms with Crippen LogP contribution in [0, 0.1) is 10.1 Å². The number of carboxylic acids is 1. The molecule has 1 aromatic carbocycles. The highest BCUT2D eigenvalue weighted by Gasteiger charge is 2.19. The summed E-state index contributed by atoms with van der Waals surface area (Å²) in [6.07, 6.45) is 0.731. The summed E-state index contributed by atoms with van der Waals surface area (Å²) in [7, 11) is 0. The molecule has 0 aliphatic rings. The molecule has 0 atom stereocenters. The van der Waals surface area contributed by atoms with E-state index in [0.29, 0.717) is 18.8 Å². The summed E-state index contributed by atoms with van der Waals surface area (Å²) >= 11 is 0. The first-order chi connectivity index (χ1) is 8.06. The van der Waals surface area contributed by atoms with Crippen LogP contribution in [-0.2, 0) is 0 Å². The molecular weight excluding hydrogens is 226 g/mol. The Kier molecular flexibility index (Phi) is 4.41. The monoisotopic (exact) mass is 239 g/mol. The number of hydrogen-bond donors (Lipinski definition) is 3. The number of carboxylic acid groups (broad SMARTS) is 1. The first-order valence-electron chi connectivity index (χ1n) is 5.02. The minimum atomic E-state index is -1.31. The third-order valence-corrected chi connectivity index (χ3v) is 2.13. The summed E-state index contributed by atoms with van der Waals surface area (Å²) in [5.41, 5.74) is 5.08. The van der Waals surface area contributed by atoms with Gasteiger partial charge in [-0.25, -0.2) is 4.79 Å². The SMILES string of the molecule is NCCCNc1ccc(C(=O)O)c([N+](=O)[O-])c1. The van der Waals surface area contributed by atoms with Crippen LogP contribution in [0.2, 0.25) is 0 Å². The van der Waals surface area contributed by atoms with E-state index in [1.165, 1.54) is 18.2 Å². The number of nitro groups is 1. The summed E-state index contributed by atoms with van der Waals surface area (Å²) < 4.78 is 0. The molecule has 7 nitrogen and oxygen atoms in total. The van der Waals surface area contributed by atoms with Crippen molar-refractivity contribution in [2.45, 2.75) is 6.42 Å². The maximum absolute atomic E-state index is 10.8. The fraction of sp³-hybridized carbons (Fsp3) is 0.300. The maximum Gasteiger partial charge on any atom is 0.342 e. The summed E-state index contributed by atoms with van der Waals surface area (Å²) in [5.74, 6) is -1.31. The Balaban J connectivity index is 2.94. The zero-order valence-electron chi connectivity index (χ0n) is 9.05. The molecule has 17 heavy (non-hydrogen) atoms. The Morgan fingerprint density at radius 1 is 1.53 bits per heavy atom. The van der Waals surface area contributed by atoms with Crippen LogP contribution < -0.4 is 11.1 Å². The lowest BCUT2D eigenvalue weighted by Crippen LogP contribution is -2.09. The van der Waals surface area contributed by atoms with Gasteiger partial charge in [0, 0.05) is 18.3 Å². The predicted molar refractivity (Wildman–Crippen MR) is 62.2 cm³/mol. The van der Waals surface area contributed by atoms with Crippen LogP contribution in [0.1, 0.15) is 16.8 Å². The van der Waals surface area contributed by atoms with Crippen LogP contribution in [0.15, 0.2) is 18.2 Å². The molecular formula is C10H13N3O4. The summed E-state index contributed by atoms with van der Waals surface area (Å²) in [6, 6.07) is 3.91. The molecule has 0 spiro atoms. The van der Waals surface area contributed by atoms with Crippen LogP contribution in [0.5, 0.6) is 0 Å². The summed E-state index contributed by atoms with van der Waals surface area (Å²) in [5, 5.41) is 22.4. The molecule has 0 aromatic heterocycles. The van der Waals surface area contributed by atoms with Crippen LogP contribution in [0.4, 0.5) is 11.4 Å². The van der Waals surface area contributed by atoms with E-state index in [4.69, 9.17) is 10.8 Å². The predicted octanol–water partition coefficient (Wildman–Crippen LogP) is 1.05. The molecule has 7 heteroatoms. The number of nitrogens with two attached hydrogens (primary N) is 1. The number of hydrogen-bond acceptors (Lipinski definition) is 5. The number of aromatic carboxylic acids is 1. The lowest BCUT2D eigenvalue weighted by Gasteiger charge is -2.06. The number of rotatable bonds is 6. The average molecular weight is 239 g/mol. The van der Waals surface area contributed by atoms with Gasteiger partial charge in [0.25, 0.3) is 5.69 Å². The van der Waals surface area contributed by atoms with Crippen LogP contribution >= 0.6 is 0 Å². The number of carbonyl (C=O) groups is 1. The molecule has 0 saturated carbocycles. The van der Waals surface area contributed by atoms with E-state index in [1.54, 1.807) is 0 Å². The highest BCUT2D eigenvalue weighted by molar-refractivity contribution is 5.93. The van der Waals surface area contributed by atoms with Gasteiger partial charge in [0.15, 0.2) is 0 Å². The highest BCUT2D eigenvalue weighted by Crippen LogP contribution is 2.23. The smallest absolute Gasteiger partial charge is 0.342 e. The van der Waals surface area contributed by atoms with Gasteiger partial charge in [-0.15, -0.1) is 0 Å². The van der Waals surface area contributed by atoms with Crippen molar-refractivity contribution >= 4 is 17.3 Å². The van der Waals surface area contributed by atoms with Gasteiger partial charge in [0.1, 0.15) is 5.56 Å². The molecule has 0 aliphatic carbocycles. The Hall–Kier alpha value is -2.15. The zero-order valence-corrected chi connectivity index (χ0v) is 9.05. The van der Waals surface area contributed by atoms with E-state index in [9.17, 15) is 14.9 Å². The van der Waals surface area contributed by atoms with Crippen LogP contribution in [-0.4, -0.2) is 29.1 Å². The van der Waals surface area contributed by atoms with E-state index < -0.39 is 16.6 Å². The van der Waals surface area contributed by atoms with Gasteiger partial charge >= 0.3 is 5.97 Å².